The van der Waals surface area contributed by atoms with Crippen LogP contribution in [0.4, 0.5) is 35.2 Å². The van der Waals surface area contributed by atoms with Gasteiger partial charge in [0.15, 0.2) is 0 Å². The lowest BCUT2D eigenvalue weighted by Crippen LogP contribution is -2.31. The quantitative estimate of drug-likeness (QED) is 0.178. The van der Waals surface area contributed by atoms with Gasteiger partial charge in [0.05, 0.1) is 55.5 Å². The van der Waals surface area contributed by atoms with E-state index in [9.17, 15) is 0 Å². The summed E-state index contributed by atoms with van der Waals surface area (Å²) in [5.41, 5.74) is 12.2. The second-order valence-corrected chi connectivity index (χ2v) is 21.3. The van der Waals surface area contributed by atoms with Gasteiger partial charge in [-0.2, -0.15) is 0 Å². The van der Waals surface area contributed by atoms with Crippen molar-refractivity contribution >= 4 is 100 Å². The van der Waals surface area contributed by atoms with E-state index >= 15 is 0 Å². The standard InChI is InChI=1S/C44H36N10S2/c1-55(2)51-37-22-12-8-18-33(37)45-41(51)49(42-46-34-19-9-13-23-38(34)52(42)55)31-26-30(29-16-6-5-7-17-29)27-32(28-31)50-43-47-35-20-10-14-24-39(35)53(43)56(3,4)54-40-25-15-11-21-36(40)48-44(50)54/h5-28H,1-4H3. The van der Waals surface area contributed by atoms with Crippen LogP contribution < -0.4 is 9.80 Å². The van der Waals surface area contributed by atoms with E-state index in [1.165, 1.54) is 0 Å². The van der Waals surface area contributed by atoms with Crippen LogP contribution in [0.3, 0.4) is 0 Å². The molecular formula is C44H36N10S2. The highest BCUT2D eigenvalue weighted by Gasteiger charge is 2.41. The van der Waals surface area contributed by atoms with E-state index in [2.05, 4.69) is 196 Å². The van der Waals surface area contributed by atoms with Crippen LogP contribution in [0.25, 0.3) is 55.3 Å². The molecule has 0 saturated heterocycles. The molecular weight excluding hydrogens is 733 g/mol. The third kappa shape index (κ3) is 4.14. The number of aromatic nitrogens is 8. The molecule has 6 heterocycles. The van der Waals surface area contributed by atoms with Crippen LogP contribution in [0.2, 0.25) is 0 Å². The minimum absolute atomic E-state index is 0.842. The molecule has 10 aromatic rings. The molecule has 2 aliphatic heterocycles. The molecule has 0 fully saturated rings. The predicted octanol–water partition coefficient (Wildman–Crippen LogP) is 10.9. The van der Waals surface area contributed by atoms with Crippen molar-refractivity contribution in [2.75, 3.05) is 34.8 Å². The first kappa shape index (κ1) is 31.8. The van der Waals surface area contributed by atoms with E-state index < -0.39 is 20.8 Å². The van der Waals surface area contributed by atoms with Crippen molar-refractivity contribution in [1.82, 2.24) is 35.8 Å². The maximum absolute atomic E-state index is 5.38. The minimum Gasteiger partial charge on any atom is -0.254 e. The molecule has 0 radical (unpaired) electrons. The molecule has 2 aliphatic rings. The molecule has 0 atom stereocenters. The Kier molecular flexibility index (Phi) is 6.28. The maximum atomic E-state index is 5.38. The third-order valence-electron chi connectivity index (χ3n) is 11.1. The first-order chi connectivity index (χ1) is 27.3. The molecule has 12 heteroatoms. The Morgan fingerprint density at radius 1 is 0.339 bits per heavy atom. The summed E-state index contributed by atoms with van der Waals surface area (Å²) in [6.07, 6.45) is 9.33. The van der Waals surface area contributed by atoms with E-state index in [0.29, 0.717) is 0 Å². The maximum Gasteiger partial charge on any atom is 0.228 e. The molecule has 0 spiro atoms. The van der Waals surface area contributed by atoms with Crippen molar-refractivity contribution in [1.29, 1.82) is 0 Å². The number of nitrogens with zero attached hydrogens (tertiary/aromatic N) is 10. The molecule has 56 heavy (non-hydrogen) atoms. The van der Waals surface area contributed by atoms with Crippen LogP contribution in [0.5, 0.6) is 0 Å². The van der Waals surface area contributed by atoms with Gasteiger partial charge >= 0.3 is 0 Å². The number of para-hydroxylation sites is 8. The summed E-state index contributed by atoms with van der Waals surface area (Å²) in [5.74, 6) is 3.37. The zero-order valence-corrected chi connectivity index (χ0v) is 32.8. The largest absolute Gasteiger partial charge is 0.254 e. The number of fused-ring (bicyclic) bond motifs is 12. The smallest absolute Gasteiger partial charge is 0.228 e. The first-order valence-electron chi connectivity index (χ1n) is 18.5. The van der Waals surface area contributed by atoms with Gasteiger partial charge in [0.2, 0.25) is 23.8 Å². The van der Waals surface area contributed by atoms with E-state index in [0.717, 1.165) is 90.4 Å². The number of hydrogen-bond donors (Lipinski definition) is 0. The molecule has 274 valence electrons. The van der Waals surface area contributed by atoms with Gasteiger partial charge in [0, 0.05) is 0 Å². The van der Waals surface area contributed by atoms with E-state index in [4.69, 9.17) is 19.9 Å². The van der Waals surface area contributed by atoms with Gasteiger partial charge in [-0.15, -0.1) is 0 Å². The van der Waals surface area contributed by atoms with Crippen LogP contribution in [0.15, 0.2) is 146 Å². The fourth-order valence-corrected chi connectivity index (χ4v) is 13.7. The van der Waals surface area contributed by atoms with Gasteiger partial charge in [0.1, 0.15) is 0 Å². The Balaban J connectivity index is 1.19. The summed E-state index contributed by atoms with van der Waals surface area (Å²) in [6, 6.07) is 51.2. The van der Waals surface area contributed by atoms with Crippen molar-refractivity contribution < 1.29 is 0 Å². The van der Waals surface area contributed by atoms with E-state index in [1.54, 1.807) is 0 Å². The van der Waals surface area contributed by atoms with Crippen molar-refractivity contribution in [2.24, 2.45) is 0 Å². The minimum atomic E-state index is -1.69. The Morgan fingerprint density at radius 3 is 0.982 bits per heavy atom. The lowest BCUT2D eigenvalue weighted by molar-refractivity contribution is 0.985. The van der Waals surface area contributed by atoms with Gasteiger partial charge in [-0.3, -0.25) is 15.9 Å². The lowest BCUT2D eigenvalue weighted by Gasteiger charge is -2.45. The Labute approximate surface area is 326 Å². The van der Waals surface area contributed by atoms with Gasteiger partial charge in [-0.05, 0) is 103 Å². The monoisotopic (exact) mass is 768 g/mol. The molecule has 0 bridgehead atoms. The summed E-state index contributed by atoms with van der Waals surface area (Å²) in [7, 11) is -3.38. The number of imidazole rings is 4. The number of benzene rings is 6. The van der Waals surface area contributed by atoms with Gasteiger partial charge in [-0.25, -0.2) is 29.7 Å². The van der Waals surface area contributed by atoms with Crippen LogP contribution in [0, 0.1) is 0 Å². The number of hydrogen-bond acceptors (Lipinski definition) is 6. The van der Waals surface area contributed by atoms with Crippen LogP contribution in [-0.4, -0.2) is 60.8 Å². The van der Waals surface area contributed by atoms with Crippen molar-refractivity contribution in [3.05, 3.63) is 146 Å². The molecule has 12 rings (SSSR count). The highest BCUT2D eigenvalue weighted by atomic mass is 32.3. The molecule has 6 aromatic carbocycles. The van der Waals surface area contributed by atoms with Crippen LogP contribution >= 0.6 is 20.8 Å². The summed E-state index contributed by atoms with van der Waals surface area (Å²) in [6.45, 7) is 0. The van der Waals surface area contributed by atoms with Gasteiger partial charge in [0.25, 0.3) is 0 Å². The zero-order chi connectivity index (χ0) is 37.5. The SMILES string of the molecule is CS1(C)n2c(nc3ccccc32)N(c2cc(-c3ccccc3)cc(N3c4nc5ccccc5n4S(C)(C)n4c3nc3ccccc34)c2)c2nc3ccccc3n21. The second kappa shape index (κ2) is 11.1. The Hall–Kier alpha value is -6.50. The summed E-state index contributed by atoms with van der Waals surface area (Å²) in [4.78, 5) is 26.0. The number of rotatable bonds is 3. The molecule has 0 amide bonds. The first-order valence-corrected chi connectivity index (χ1v) is 23.2. The summed E-state index contributed by atoms with van der Waals surface area (Å²) < 4.78 is 9.74. The molecule has 10 nitrogen and oxygen atoms in total. The molecule has 4 aromatic heterocycles. The predicted molar refractivity (Wildman–Crippen MR) is 235 cm³/mol. The van der Waals surface area contributed by atoms with Crippen LogP contribution in [0.1, 0.15) is 0 Å². The van der Waals surface area contributed by atoms with Crippen LogP contribution in [-0.2, 0) is 0 Å². The lowest BCUT2D eigenvalue weighted by atomic mass is 10.0. The molecule has 0 aliphatic carbocycles. The zero-order valence-electron chi connectivity index (χ0n) is 31.1. The topological polar surface area (TPSA) is 77.8 Å². The average Bonchev–Trinajstić information content (AvgIpc) is 3.99. The second-order valence-electron chi connectivity index (χ2n) is 15.0. The third-order valence-corrected chi connectivity index (χ3v) is 16.1. The molecule has 0 unspecified atom stereocenters. The van der Waals surface area contributed by atoms with E-state index in [1.807, 2.05) is 0 Å². The van der Waals surface area contributed by atoms with Gasteiger partial charge in [-0.1, -0.05) is 99.7 Å². The Morgan fingerprint density at radius 2 is 0.643 bits per heavy atom. The highest BCUT2D eigenvalue weighted by molar-refractivity contribution is 8.30. The molecule has 0 N–H and O–H groups in total. The fraction of sp³-hybridized carbons (Fsp3) is 0.0909. The highest BCUT2D eigenvalue weighted by Crippen LogP contribution is 2.61. The Bertz CT molecular complexity index is 2880. The summed E-state index contributed by atoms with van der Waals surface area (Å²) in [5, 5.41) is 0. The average molecular weight is 769 g/mol. The van der Waals surface area contributed by atoms with Gasteiger partial charge < -0.3 is 0 Å². The van der Waals surface area contributed by atoms with Crippen molar-refractivity contribution in [3.8, 4) is 11.1 Å². The van der Waals surface area contributed by atoms with E-state index in [-0.39, 0.29) is 0 Å². The number of anilines is 6. The normalized spacial score (nSPS) is 16.5. The fourth-order valence-electron chi connectivity index (χ4n) is 8.75. The molecule has 0 saturated carbocycles. The van der Waals surface area contributed by atoms with Crippen molar-refractivity contribution in [2.45, 2.75) is 0 Å². The summed E-state index contributed by atoms with van der Waals surface area (Å²) >= 11 is 0. The van der Waals surface area contributed by atoms with Crippen molar-refractivity contribution in [3.63, 3.8) is 0 Å².